The lowest BCUT2D eigenvalue weighted by molar-refractivity contribution is -0.141. The molecule has 0 aliphatic rings. The number of rotatable bonds is 10. The van der Waals surface area contributed by atoms with Crippen LogP contribution in [0.2, 0.25) is 0 Å². The molecule has 4 N–H and O–H groups in total. The van der Waals surface area contributed by atoms with Crippen LogP contribution in [-0.2, 0) is 19.1 Å². The SMILES string of the molecule is C=CCN(C(=O)C(CC(N)=O)NC(=O)OC(C)(C)C)C(C(=O)Nc1c(C)cccc1C)c1cc(C)ccc1C. The molecule has 0 bridgehead atoms. The third-order valence-corrected chi connectivity index (χ3v) is 6.02. The Balaban J connectivity index is 2.62. The lowest BCUT2D eigenvalue weighted by atomic mass is 9.95. The first-order valence-corrected chi connectivity index (χ1v) is 12.8. The van der Waals surface area contributed by atoms with Gasteiger partial charge in [0, 0.05) is 12.2 Å². The summed E-state index contributed by atoms with van der Waals surface area (Å²) >= 11 is 0. The summed E-state index contributed by atoms with van der Waals surface area (Å²) in [5.74, 6) is -1.93. The predicted octanol–water partition coefficient (Wildman–Crippen LogP) is 4.38. The second kappa shape index (κ2) is 13.1. The Kier molecular flexibility index (Phi) is 10.4. The molecule has 0 aliphatic heterocycles. The molecule has 0 aromatic heterocycles. The van der Waals surface area contributed by atoms with E-state index in [0.717, 1.165) is 22.3 Å². The number of para-hydroxylation sites is 1. The molecule has 2 rings (SSSR count). The van der Waals surface area contributed by atoms with Crippen molar-refractivity contribution in [1.29, 1.82) is 0 Å². The Morgan fingerprint density at radius 3 is 2.18 bits per heavy atom. The Bertz CT molecular complexity index is 1230. The molecule has 9 heteroatoms. The molecule has 2 aromatic rings. The van der Waals surface area contributed by atoms with Gasteiger partial charge in [-0.05, 0) is 70.7 Å². The molecule has 210 valence electrons. The maximum absolute atomic E-state index is 14.0. The van der Waals surface area contributed by atoms with Gasteiger partial charge in [0.25, 0.3) is 5.91 Å². The highest BCUT2D eigenvalue weighted by molar-refractivity contribution is 6.00. The number of nitrogens with one attached hydrogen (secondary N) is 2. The quantitative estimate of drug-likeness (QED) is 0.388. The van der Waals surface area contributed by atoms with E-state index in [4.69, 9.17) is 10.5 Å². The standard InChI is InChI=1S/C30H40N4O5/c1-9-15-34(28(37)23(17-24(31)35)32-29(38)39-30(6,7)8)26(22-16-18(2)13-14-19(22)3)27(36)33-25-20(4)11-10-12-21(25)5/h9-14,16,23,26H,1,15,17H2,2-8H3,(H2,31,35)(H,32,38)(H,33,36). The fraction of sp³-hybridized carbons (Fsp3) is 0.400. The Labute approximate surface area is 230 Å². The number of hydrogen-bond donors (Lipinski definition) is 3. The van der Waals surface area contributed by atoms with Crippen LogP contribution in [0.1, 0.15) is 61.1 Å². The molecule has 0 heterocycles. The molecule has 39 heavy (non-hydrogen) atoms. The van der Waals surface area contributed by atoms with E-state index < -0.39 is 47.9 Å². The van der Waals surface area contributed by atoms with Crippen molar-refractivity contribution in [2.24, 2.45) is 5.73 Å². The van der Waals surface area contributed by atoms with Gasteiger partial charge >= 0.3 is 6.09 Å². The zero-order valence-electron chi connectivity index (χ0n) is 23.9. The summed E-state index contributed by atoms with van der Waals surface area (Å²) in [7, 11) is 0. The summed E-state index contributed by atoms with van der Waals surface area (Å²) in [4.78, 5) is 53.8. The molecule has 2 aromatic carbocycles. The summed E-state index contributed by atoms with van der Waals surface area (Å²) in [5, 5.41) is 5.46. The van der Waals surface area contributed by atoms with Crippen LogP contribution >= 0.6 is 0 Å². The Hall–Kier alpha value is -4.14. The van der Waals surface area contributed by atoms with Crippen LogP contribution in [-0.4, -0.2) is 46.9 Å². The van der Waals surface area contributed by atoms with Gasteiger partial charge in [0.2, 0.25) is 11.8 Å². The van der Waals surface area contributed by atoms with Gasteiger partial charge in [0.15, 0.2) is 0 Å². The summed E-state index contributed by atoms with van der Waals surface area (Å²) < 4.78 is 5.30. The smallest absolute Gasteiger partial charge is 0.408 e. The average Bonchev–Trinajstić information content (AvgIpc) is 2.81. The molecule has 0 spiro atoms. The number of anilines is 1. The molecular formula is C30H40N4O5. The number of nitrogens with two attached hydrogens (primary N) is 1. The van der Waals surface area contributed by atoms with Gasteiger partial charge in [0.1, 0.15) is 17.7 Å². The molecule has 2 atom stereocenters. The van der Waals surface area contributed by atoms with Crippen LogP contribution in [0, 0.1) is 27.7 Å². The molecular weight excluding hydrogens is 496 g/mol. The Morgan fingerprint density at radius 1 is 1.03 bits per heavy atom. The van der Waals surface area contributed by atoms with Crippen molar-refractivity contribution in [3.8, 4) is 0 Å². The zero-order valence-corrected chi connectivity index (χ0v) is 23.9. The van der Waals surface area contributed by atoms with E-state index in [1.54, 1.807) is 20.8 Å². The predicted molar refractivity (Wildman–Crippen MR) is 152 cm³/mol. The highest BCUT2D eigenvalue weighted by Crippen LogP contribution is 2.29. The van der Waals surface area contributed by atoms with E-state index >= 15 is 0 Å². The average molecular weight is 537 g/mol. The maximum Gasteiger partial charge on any atom is 0.408 e. The number of aryl methyl sites for hydroxylation is 4. The summed E-state index contributed by atoms with van der Waals surface area (Å²) in [6.07, 6.45) is 0.116. The van der Waals surface area contributed by atoms with Crippen molar-refractivity contribution in [2.75, 3.05) is 11.9 Å². The van der Waals surface area contributed by atoms with Gasteiger partial charge in [-0.25, -0.2) is 4.79 Å². The topological polar surface area (TPSA) is 131 Å². The summed E-state index contributed by atoms with van der Waals surface area (Å²) in [6, 6.07) is 8.83. The number of carbonyl (C=O) groups is 4. The fourth-order valence-corrected chi connectivity index (χ4v) is 4.22. The van der Waals surface area contributed by atoms with E-state index in [9.17, 15) is 19.2 Å². The van der Waals surface area contributed by atoms with Crippen molar-refractivity contribution in [3.05, 3.63) is 76.9 Å². The molecule has 0 aliphatic carbocycles. The molecule has 2 unspecified atom stereocenters. The monoisotopic (exact) mass is 536 g/mol. The number of nitrogens with zero attached hydrogens (tertiary/aromatic N) is 1. The van der Waals surface area contributed by atoms with E-state index in [1.165, 1.54) is 11.0 Å². The van der Waals surface area contributed by atoms with Crippen molar-refractivity contribution >= 4 is 29.5 Å². The molecule has 9 nitrogen and oxygen atoms in total. The Morgan fingerprint density at radius 2 is 1.64 bits per heavy atom. The van der Waals surface area contributed by atoms with Crippen molar-refractivity contribution in [2.45, 2.75) is 72.6 Å². The molecule has 0 saturated heterocycles. The van der Waals surface area contributed by atoms with Crippen LogP contribution in [0.15, 0.2) is 49.1 Å². The van der Waals surface area contributed by atoms with Crippen molar-refractivity contribution in [3.63, 3.8) is 0 Å². The summed E-state index contributed by atoms with van der Waals surface area (Å²) in [6.45, 7) is 16.3. The lowest BCUT2D eigenvalue weighted by Crippen LogP contribution is -2.53. The van der Waals surface area contributed by atoms with Gasteiger partial charge in [0.05, 0.1) is 6.42 Å². The van der Waals surface area contributed by atoms with Crippen LogP contribution in [0.4, 0.5) is 10.5 Å². The molecule has 0 fully saturated rings. The van der Waals surface area contributed by atoms with E-state index in [2.05, 4.69) is 17.2 Å². The number of alkyl carbamates (subject to hydrolysis) is 1. The molecule has 0 radical (unpaired) electrons. The van der Waals surface area contributed by atoms with Crippen molar-refractivity contribution < 1.29 is 23.9 Å². The zero-order chi connectivity index (χ0) is 29.5. The second-order valence-electron chi connectivity index (χ2n) is 10.7. The third kappa shape index (κ3) is 8.70. The van der Waals surface area contributed by atoms with E-state index in [1.807, 2.05) is 64.1 Å². The number of amides is 4. The number of carbonyl (C=O) groups excluding carboxylic acids is 4. The first kappa shape index (κ1) is 31.1. The van der Waals surface area contributed by atoms with Gasteiger partial charge in [-0.1, -0.05) is 48.0 Å². The number of primary amides is 1. The van der Waals surface area contributed by atoms with Crippen molar-refractivity contribution in [1.82, 2.24) is 10.2 Å². The largest absolute Gasteiger partial charge is 0.444 e. The number of benzene rings is 2. The molecule has 0 saturated carbocycles. The van der Waals surface area contributed by atoms with Gasteiger partial charge in [-0.2, -0.15) is 0 Å². The lowest BCUT2D eigenvalue weighted by Gasteiger charge is -2.34. The maximum atomic E-state index is 14.0. The first-order chi connectivity index (χ1) is 18.1. The van der Waals surface area contributed by atoms with Crippen LogP contribution in [0.25, 0.3) is 0 Å². The minimum Gasteiger partial charge on any atom is -0.444 e. The van der Waals surface area contributed by atoms with Crippen LogP contribution < -0.4 is 16.4 Å². The second-order valence-corrected chi connectivity index (χ2v) is 10.7. The fourth-order valence-electron chi connectivity index (χ4n) is 4.22. The first-order valence-electron chi connectivity index (χ1n) is 12.8. The van der Waals surface area contributed by atoms with E-state index in [-0.39, 0.29) is 6.54 Å². The van der Waals surface area contributed by atoms with Gasteiger partial charge < -0.3 is 26.0 Å². The molecule has 4 amide bonds. The van der Waals surface area contributed by atoms with Gasteiger partial charge in [-0.3, -0.25) is 14.4 Å². The summed E-state index contributed by atoms with van der Waals surface area (Å²) in [5.41, 5.74) is 9.25. The minimum atomic E-state index is -1.36. The van der Waals surface area contributed by atoms with Crippen LogP contribution in [0.3, 0.4) is 0 Å². The highest BCUT2D eigenvalue weighted by Gasteiger charge is 2.37. The number of hydrogen-bond acceptors (Lipinski definition) is 5. The normalized spacial score (nSPS) is 12.6. The third-order valence-electron chi connectivity index (χ3n) is 6.02. The minimum absolute atomic E-state index is 0.0394. The number of ether oxygens (including phenoxy) is 1. The van der Waals surface area contributed by atoms with Gasteiger partial charge in [-0.15, -0.1) is 6.58 Å². The highest BCUT2D eigenvalue weighted by atomic mass is 16.6. The van der Waals surface area contributed by atoms with Crippen LogP contribution in [0.5, 0.6) is 0 Å². The van der Waals surface area contributed by atoms with E-state index in [0.29, 0.717) is 11.3 Å².